The Bertz CT molecular complexity index is 452. The molecule has 0 bridgehead atoms. The number of amides is 1. The second-order valence-corrected chi connectivity index (χ2v) is 4.16. The van der Waals surface area contributed by atoms with Crippen molar-refractivity contribution in [3.63, 3.8) is 0 Å². The van der Waals surface area contributed by atoms with Crippen molar-refractivity contribution in [3.8, 4) is 0 Å². The molecule has 0 aromatic carbocycles. The summed E-state index contributed by atoms with van der Waals surface area (Å²) in [6, 6.07) is 1.52. The first-order valence-corrected chi connectivity index (χ1v) is 5.79. The van der Waals surface area contributed by atoms with Gasteiger partial charge in [-0.05, 0) is 26.8 Å². The van der Waals surface area contributed by atoms with Crippen LogP contribution in [0.15, 0.2) is 11.2 Å². The van der Waals surface area contributed by atoms with Crippen molar-refractivity contribution in [2.75, 3.05) is 0 Å². The molecular formula is C11H19N5O2. The first-order chi connectivity index (χ1) is 8.47. The Morgan fingerprint density at radius 3 is 2.94 bits per heavy atom. The van der Waals surface area contributed by atoms with E-state index < -0.39 is 0 Å². The van der Waals surface area contributed by atoms with Crippen LogP contribution in [0, 0.1) is 6.92 Å². The fourth-order valence-corrected chi connectivity index (χ4v) is 1.67. The molecule has 1 atom stereocenters. The van der Waals surface area contributed by atoms with Gasteiger partial charge < -0.3 is 16.3 Å². The highest BCUT2D eigenvalue weighted by Gasteiger charge is 2.15. The van der Waals surface area contributed by atoms with Crippen molar-refractivity contribution in [3.05, 3.63) is 17.5 Å². The molecule has 0 aliphatic rings. The second-order valence-electron chi connectivity index (χ2n) is 4.16. The van der Waals surface area contributed by atoms with E-state index in [1.165, 1.54) is 0 Å². The van der Waals surface area contributed by atoms with Gasteiger partial charge >= 0.3 is 0 Å². The summed E-state index contributed by atoms with van der Waals surface area (Å²) in [5.74, 6) is -0.126. The average Bonchev–Trinajstić information content (AvgIpc) is 2.70. The van der Waals surface area contributed by atoms with E-state index in [4.69, 9.17) is 10.9 Å². The molecule has 100 valence electrons. The molecule has 1 unspecified atom stereocenters. The highest BCUT2D eigenvalue weighted by atomic mass is 16.4. The topological polar surface area (TPSA) is 106 Å². The van der Waals surface area contributed by atoms with Gasteiger partial charge in [-0.1, -0.05) is 5.16 Å². The Morgan fingerprint density at radius 2 is 2.39 bits per heavy atom. The quantitative estimate of drug-likeness (QED) is 0.307. The lowest BCUT2D eigenvalue weighted by molar-refractivity contribution is 0.0930. The third-order valence-electron chi connectivity index (χ3n) is 2.46. The normalized spacial score (nSPS) is 13.4. The number of hydrogen-bond acceptors (Lipinski definition) is 4. The first kappa shape index (κ1) is 14.0. The predicted molar refractivity (Wildman–Crippen MR) is 67.6 cm³/mol. The van der Waals surface area contributed by atoms with E-state index in [1.54, 1.807) is 17.7 Å². The van der Waals surface area contributed by atoms with Gasteiger partial charge in [-0.25, -0.2) is 0 Å². The van der Waals surface area contributed by atoms with E-state index in [0.29, 0.717) is 18.7 Å². The van der Waals surface area contributed by atoms with Gasteiger partial charge in [0.1, 0.15) is 11.5 Å². The number of nitrogens with one attached hydrogen (secondary N) is 1. The first-order valence-electron chi connectivity index (χ1n) is 5.79. The SMILES string of the molecule is CCn1nc(C)cc1C(=O)NC(C)CC(N)=NO. The molecule has 18 heavy (non-hydrogen) atoms. The minimum absolute atomic E-state index is 0.0861. The maximum absolute atomic E-state index is 12.0. The molecule has 1 amide bonds. The van der Waals surface area contributed by atoms with Gasteiger partial charge in [0, 0.05) is 19.0 Å². The molecule has 1 aromatic rings. The van der Waals surface area contributed by atoms with Crippen molar-refractivity contribution >= 4 is 11.7 Å². The summed E-state index contributed by atoms with van der Waals surface area (Å²) in [6.07, 6.45) is 0.293. The Hall–Kier alpha value is -2.05. The molecular weight excluding hydrogens is 234 g/mol. The van der Waals surface area contributed by atoms with Gasteiger partial charge in [0.05, 0.1) is 5.69 Å². The fourth-order valence-electron chi connectivity index (χ4n) is 1.67. The number of carbonyl (C=O) groups excluding carboxylic acids is 1. The molecule has 0 fully saturated rings. The number of rotatable bonds is 5. The van der Waals surface area contributed by atoms with Gasteiger partial charge in [-0.15, -0.1) is 0 Å². The van der Waals surface area contributed by atoms with E-state index in [1.807, 2.05) is 13.8 Å². The van der Waals surface area contributed by atoms with E-state index in [0.717, 1.165) is 5.69 Å². The van der Waals surface area contributed by atoms with Crippen LogP contribution in [-0.4, -0.2) is 32.8 Å². The monoisotopic (exact) mass is 253 g/mol. The molecule has 0 aliphatic carbocycles. The Balaban J connectivity index is 2.70. The van der Waals surface area contributed by atoms with Gasteiger partial charge in [-0.3, -0.25) is 9.48 Å². The lowest BCUT2D eigenvalue weighted by Gasteiger charge is -2.13. The van der Waals surface area contributed by atoms with Crippen LogP contribution in [0.25, 0.3) is 0 Å². The average molecular weight is 253 g/mol. The molecule has 1 aromatic heterocycles. The predicted octanol–water partition coefficient (Wildman–Crippen LogP) is 0.466. The zero-order chi connectivity index (χ0) is 13.7. The minimum Gasteiger partial charge on any atom is -0.409 e. The highest BCUT2D eigenvalue weighted by Crippen LogP contribution is 2.04. The number of nitrogens with zero attached hydrogens (tertiary/aromatic N) is 3. The van der Waals surface area contributed by atoms with Crippen LogP contribution in [0.1, 0.15) is 36.5 Å². The molecule has 7 nitrogen and oxygen atoms in total. The number of aromatic nitrogens is 2. The molecule has 0 saturated carbocycles. The van der Waals surface area contributed by atoms with Crippen molar-refractivity contribution in [2.45, 2.75) is 39.8 Å². The maximum atomic E-state index is 12.0. The van der Waals surface area contributed by atoms with E-state index in [9.17, 15) is 4.79 Å². The molecule has 0 radical (unpaired) electrons. The number of aryl methyl sites for hydroxylation is 2. The Morgan fingerprint density at radius 1 is 1.72 bits per heavy atom. The smallest absolute Gasteiger partial charge is 0.269 e. The van der Waals surface area contributed by atoms with Crippen molar-refractivity contribution in [2.24, 2.45) is 10.9 Å². The number of carbonyl (C=O) groups is 1. The molecule has 7 heteroatoms. The van der Waals surface area contributed by atoms with Crippen molar-refractivity contribution in [1.82, 2.24) is 15.1 Å². The molecule has 1 heterocycles. The minimum atomic E-state index is -0.214. The molecule has 0 spiro atoms. The third kappa shape index (κ3) is 3.47. The lowest BCUT2D eigenvalue weighted by atomic mass is 10.2. The number of nitrogens with two attached hydrogens (primary N) is 1. The van der Waals surface area contributed by atoms with E-state index in [-0.39, 0.29) is 17.8 Å². The maximum Gasteiger partial charge on any atom is 0.269 e. The fraction of sp³-hybridized carbons (Fsp3) is 0.545. The standard InChI is InChI=1S/C11H19N5O2/c1-4-16-9(5-8(3)14-16)11(17)13-7(2)6-10(12)15-18/h5,7,18H,4,6H2,1-3H3,(H2,12,15)(H,13,17). The molecule has 1 rings (SSSR count). The number of oxime groups is 1. The van der Waals surface area contributed by atoms with Gasteiger partial charge in [-0.2, -0.15) is 5.10 Å². The second kappa shape index (κ2) is 6.04. The number of amidine groups is 1. The van der Waals surface area contributed by atoms with Crippen LogP contribution < -0.4 is 11.1 Å². The van der Waals surface area contributed by atoms with E-state index in [2.05, 4.69) is 15.6 Å². The zero-order valence-corrected chi connectivity index (χ0v) is 10.8. The summed E-state index contributed by atoms with van der Waals surface area (Å²) in [4.78, 5) is 12.0. The zero-order valence-electron chi connectivity index (χ0n) is 10.8. The van der Waals surface area contributed by atoms with Gasteiger partial charge in [0.2, 0.25) is 0 Å². The van der Waals surface area contributed by atoms with Gasteiger partial charge in [0.25, 0.3) is 5.91 Å². The van der Waals surface area contributed by atoms with Crippen LogP contribution in [0.3, 0.4) is 0 Å². The van der Waals surface area contributed by atoms with Crippen LogP contribution >= 0.6 is 0 Å². The summed E-state index contributed by atoms with van der Waals surface area (Å²) in [5.41, 5.74) is 6.69. The summed E-state index contributed by atoms with van der Waals surface area (Å²) in [6.45, 7) is 6.17. The largest absolute Gasteiger partial charge is 0.409 e. The summed E-state index contributed by atoms with van der Waals surface area (Å²) in [7, 11) is 0. The Labute approximate surface area is 106 Å². The Kier molecular flexibility index (Phi) is 4.70. The molecule has 0 saturated heterocycles. The summed E-state index contributed by atoms with van der Waals surface area (Å²) in [5, 5.41) is 18.3. The third-order valence-corrected chi connectivity index (χ3v) is 2.46. The molecule has 0 aliphatic heterocycles. The summed E-state index contributed by atoms with van der Waals surface area (Å²) >= 11 is 0. The summed E-state index contributed by atoms with van der Waals surface area (Å²) < 4.78 is 1.64. The highest BCUT2D eigenvalue weighted by molar-refractivity contribution is 5.93. The van der Waals surface area contributed by atoms with Crippen LogP contribution in [0.4, 0.5) is 0 Å². The lowest BCUT2D eigenvalue weighted by Crippen LogP contribution is -2.36. The number of hydrogen-bond donors (Lipinski definition) is 3. The van der Waals surface area contributed by atoms with Crippen LogP contribution in [-0.2, 0) is 6.54 Å². The van der Waals surface area contributed by atoms with Gasteiger partial charge in [0.15, 0.2) is 0 Å². The van der Waals surface area contributed by atoms with Crippen LogP contribution in [0.2, 0.25) is 0 Å². The van der Waals surface area contributed by atoms with E-state index >= 15 is 0 Å². The van der Waals surface area contributed by atoms with Crippen molar-refractivity contribution < 1.29 is 10.0 Å². The molecule has 4 N–H and O–H groups in total. The van der Waals surface area contributed by atoms with Crippen LogP contribution in [0.5, 0.6) is 0 Å². The van der Waals surface area contributed by atoms with Crippen molar-refractivity contribution in [1.29, 1.82) is 0 Å².